The first-order valence-electron chi connectivity index (χ1n) is 9.64. The summed E-state index contributed by atoms with van der Waals surface area (Å²) in [6.45, 7) is 3.82. The molecule has 1 aliphatic carbocycles. The van der Waals surface area contributed by atoms with E-state index >= 15 is 0 Å². The molecule has 2 aromatic rings. The second kappa shape index (κ2) is 10.6. The summed E-state index contributed by atoms with van der Waals surface area (Å²) >= 11 is 0. The van der Waals surface area contributed by atoms with E-state index in [1.807, 2.05) is 37.3 Å². The molecule has 3 N–H and O–H groups in total. The number of nitrogens with one attached hydrogen (secondary N) is 3. The van der Waals surface area contributed by atoms with E-state index < -0.39 is 0 Å². The van der Waals surface area contributed by atoms with Crippen LogP contribution >= 0.6 is 24.0 Å². The first kappa shape index (κ1) is 23.1. The summed E-state index contributed by atoms with van der Waals surface area (Å²) in [4.78, 5) is 16.1. The molecule has 3 rings (SSSR count). The molecule has 1 amide bonds. The van der Waals surface area contributed by atoms with E-state index in [0.717, 1.165) is 24.0 Å². The summed E-state index contributed by atoms with van der Waals surface area (Å²) in [5.41, 5.74) is 2.74. The molecule has 0 aromatic heterocycles. The van der Waals surface area contributed by atoms with E-state index in [2.05, 4.69) is 20.9 Å². The second-order valence-corrected chi connectivity index (χ2v) is 7.13. The smallest absolute Gasteiger partial charge is 0.251 e. The molecule has 5 nitrogen and oxygen atoms in total. The van der Waals surface area contributed by atoms with Crippen molar-refractivity contribution in [2.45, 2.75) is 31.7 Å². The Hall–Kier alpha value is -2.16. The van der Waals surface area contributed by atoms with Crippen LogP contribution in [0.1, 0.15) is 41.3 Å². The number of hydrogen-bond donors (Lipinski definition) is 3. The molecular weight excluding hydrogens is 482 g/mol. The van der Waals surface area contributed by atoms with Gasteiger partial charge in [0.1, 0.15) is 5.82 Å². The Morgan fingerprint density at radius 1 is 1.10 bits per heavy atom. The molecule has 0 bridgehead atoms. The van der Waals surface area contributed by atoms with E-state index in [1.165, 1.54) is 6.07 Å². The highest BCUT2D eigenvalue weighted by Crippen LogP contribution is 2.47. The van der Waals surface area contributed by atoms with Gasteiger partial charge in [-0.1, -0.05) is 24.3 Å². The second-order valence-electron chi connectivity index (χ2n) is 7.13. The van der Waals surface area contributed by atoms with Crippen molar-refractivity contribution in [2.75, 3.05) is 20.1 Å². The highest BCUT2D eigenvalue weighted by atomic mass is 127. The number of carbonyl (C=O) groups excluding carboxylic acids is 1. The topological polar surface area (TPSA) is 65.5 Å². The van der Waals surface area contributed by atoms with Gasteiger partial charge in [-0.3, -0.25) is 9.79 Å². The van der Waals surface area contributed by atoms with E-state index in [9.17, 15) is 9.18 Å². The predicted molar refractivity (Wildman–Crippen MR) is 125 cm³/mol. The fourth-order valence-corrected chi connectivity index (χ4v) is 3.23. The van der Waals surface area contributed by atoms with E-state index in [0.29, 0.717) is 31.2 Å². The maximum Gasteiger partial charge on any atom is 0.251 e. The standard InChI is InChI=1S/C22H27FN4O.HI/c1-3-25-20(28)17-9-7-16(8-10-17)14-26-21(24-2)27-15-22(11-12-22)18-5-4-6-19(23)13-18;/h4-10,13H,3,11-12,14-15H2,1-2H3,(H,25,28)(H2,24,26,27);1H. The van der Waals surface area contributed by atoms with Crippen molar-refractivity contribution in [2.24, 2.45) is 4.99 Å². The Bertz CT molecular complexity index is 850. The Labute approximate surface area is 188 Å². The first-order valence-corrected chi connectivity index (χ1v) is 9.64. The van der Waals surface area contributed by atoms with Gasteiger partial charge in [-0.25, -0.2) is 4.39 Å². The lowest BCUT2D eigenvalue weighted by Gasteiger charge is -2.19. The number of hydrogen-bond acceptors (Lipinski definition) is 2. The molecule has 29 heavy (non-hydrogen) atoms. The molecule has 0 atom stereocenters. The Morgan fingerprint density at radius 3 is 2.41 bits per heavy atom. The maximum atomic E-state index is 13.5. The van der Waals surface area contributed by atoms with Gasteiger partial charge in [0.25, 0.3) is 5.91 Å². The summed E-state index contributed by atoms with van der Waals surface area (Å²) < 4.78 is 13.5. The van der Waals surface area contributed by atoms with Crippen molar-refractivity contribution >= 4 is 35.8 Å². The number of carbonyl (C=O) groups is 1. The lowest BCUT2D eigenvalue weighted by atomic mass is 9.96. The molecular formula is C22H28FIN4O. The largest absolute Gasteiger partial charge is 0.356 e. The monoisotopic (exact) mass is 510 g/mol. The molecule has 1 saturated carbocycles. The normalized spacial score (nSPS) is 14.5. The number of halogens is 2. The zero-order valence-electron chi connectivity index (χ0n) is 16.8. The van der Waals surface area contributed by atoms with Gasteiger partial charge < -0.3 is 16.0 Å². The SMILES string of the molecule is CCNC(=O)c1ccc(CNC(=NC)NCC2(c3cccc(F)c3)CC2)cc1.I. The summed E-state index contributed by atoms with van der Waals surface area (Å²) in [6.07, 6.45) is 2.09. The van der Waals surface area contributed by atoms with Crippen molar-refractivity contribution < 1.29 is 9.18 Å². The van der Waals surface area contributed by atoms with Crippen molar-refractivity contribution in [1.82, 2.24) is 16.0 Å². The third kappa shape index (κ3) is 6.16. The van der Waals surface area contributed by atoms with E-state index in [-0.39, 0.29) is 41.1 Å². The van der Waals surface area contributed by atoms with Crippen LogP contribution in [0.25, 0.3) is 0 Å². The zero-order chi connectivity index (χ0) is 20.0. The lowest BCUT2D eigenvalue weighted by molar-refractivity contribution is 0.0956. The fourth-order valence-electron chi connectivity index (χ4n) is 3.23. The van der Waals surface area contributed by atoms with Gasteiger partial charge in [0.15, 0.2) is 5.96 Å². The van der Waals surface area contributed by atoms with Crippen molar-refractivity contribution in [3.05, 3.63) is 71.0 Å². The van der Waals surface area contributed by atoms with Crippen LogP contribution in [0.2, 0.25) is 0 Å². The molecule has 0 spiro atoms. The minimum Gasteiger partial charge on any atom is -0.356 e. The number of nitrogens with zero attached hydrogens (tertiary/aromatic N) is 1. The zero-order valence-corrected chi connectivity index (χ0v) is 19.1. The minimum absolute atomic E-state index is 0. The summed E-state index contributed by atoms with van der Waals surface area (Å²) in [7, 11) is 1.73. The molecule has 0 aliphatic heterocycles. The molecule has 1 aliphatic rings. The Morgan fingerprint density at radius 2 is 1.83 bits per heavy atom. The quantitative estimate of drug-likeness (QED) is 0.303. The summed E-state index contributed by atoms with van der Waals surface area (Å²) in [5.74, 6) is 0.449. The first-order chi connectivity index (χ1) is 13.6. The molecule has 156 valence electrons. The number of aliphatic imine (C=N–C) groups is 1. The number of amides is 1. The summed E-state index contributed by atoms with van der Waals surface area (Å²) in [5, 5.41) is 9.43. The van der Waals surface area contributed by atoms with Gasteiger partial charge in [-0.2, -0.15) is 0 Å². The molecule has 0 radical (unpaired) electrons. The van der Waals surface area contributed by atoms with Gasteiger partial charge in [0.2, 0.25) is 0 Å². The van der Waals surface area contributed by atoms with Crippen molar-refractivity contribution in [3.8, 4) is 0 Å². The van der Waals surface area contributed by atoms with Gasteiger partial charge >= 0.3 is 0 Å². The van der Waals surface area contributed by atoms with E-state index in [1.54, 1.807) is 19.2 Å². The van der Waals surface area contributed by atoms with Crippen LogP contribution in [-0.4, -0.2) is 32.0 Å². The lowest BCUT2D eigenvalue weighted by Crippen LogP contribution is -2.40. The van der Waals surface area contributed by atoms with Gasteiger partial charge in [-0.05, 0) is 55.2 Å². The third-order valence-electron chi connectivity index (χ3n) is 5.12. The minimum atomic E-state index is -0.192. The molecule has 1 fully saturated rings. The average Bonchev–Trinajstić information content (AvgIpc) is 3.50. The van der Waals surface area contributed by atoms with Crippen LogP contribution in [0.15, 0.2) is 53.5 Å². The molecule has 0 saturated heterocycles. The highest BCUT2D eigenvalue weighted by molar-refractivity contribution is 14.0. The number of benzene rings is 2. The molecule has 7 heteroatoms. The van der Waals surface area contributed by atoms with Crippen LogP contribution in [0.5, 0.6) is 0 Å². The summed E-state index contributed by atoms with van der Waals surface area (Å²) in [6, 6.07) is 14.4. The number of rotatable bonds is 7. The fraction of sp³-hybridized carbons (Fsp3) is 0.364. The Balaban J connectivity index is 0.00000300. The third-order valence-corrected chi connectivity index (χ3v) is 5.12. The molecule has 2 aromatic carbocycles. The van der Waals surface area contributed by atoms with E-state index in [4.69, 9.17) is 0 Å². The van der Waals surface area contributed by atoms with Crippen LogP contribution < -0.4 is 16.0 Å². The molecule has 0 unspecified atom stereocenters. The van der Waals surface area contributed by atoms with Crippen LogP contribution in [0.3, 0.4) is 0 Å². The van der Waals surface area contributed by atoms with Crippen molar-refractivity contribution in [1.29, 1.82) is 0 Å². The Kier molecular flexibility index (Phi) is 8.43. The maximum absolute atomic E-state index is 13.5. The van der Waals surface area contributed by atoms with Gasteiger partial charge in [-0.15, -0.1) is 24.0 Å². The number of guanidine groups is 1. The van der Waals surface area contributed by atoms with Crippen LogP contribution in [0, 0.1) is 5.82 Å². The highest BCUT2D eigenvalue weighted by Gasteiger charge is 2.44. The van der Waals surface area contributed by atoms with Crippen LogP contribution in [-0.2, 0) is 12.0 Å². The average molecular weight is 510 g/mol. The van der Waals surface area contributed by atoms with Crippen molar-refractivity contribution in [3.63, 3.8) is 0 Å². The van der Waals surface area contributed by atoms with Gasteiger partial charge in [0, 0.05) is 37.7 Å². The molecule has 0 heterocycles. The van der Waals surface area contributed by atoms with Crippen LogP contribution in [0.4, 0.5) is 4.39 Å². The predicted octanol–water partition coefficient (Wildman–Crippen LogP) is 3.59. The van der Waals surface area contributed by atoms with Gasteiger partial charge in [0.05, 0.1) is 0 Å².